The highest BCUT2D eigenvalue weighted by molar-refractivity contribution is 5.98. The molecule has 0 bridgehead atoms. The number of amides is 2. The number of nitrogens with one attached hydrogen (secondary N) is 1. The molecule has 1 aromatic carbocycles. The number of rotatable bonds is 6. The first kappa shape index (κ1) is 20.8. The minimum Gasteiger partial charge on any atom is -0.349 e. The molecule has 7 nitrogen and oxygen atoms in total. The van der Waals surface area contributed by atoms with Crippen LogP contribution in [0.2, 0.25) is 0 Å². The molecule has 0 saturated heterocycles. The molecule has 1 aliphatic heterocycles. The number of nitrogens with zero attached hydrogens (tertiary/aromatic N) is 4. The molecule has 1 aromatic heterocycles. The number of carbonyl (C=O) groups excluding carboxylic acids is 2. The van der Waals surface area contributed by atoms with Crippen LogP contribution in [0.4, 0.5) is 13.2 Å². The monoisotopic (exact) mass is 409 g/mol. The first-order valence-corrected chi connectivity index (χ1v) is 9.11. The average molecular weight is 409 g/mol. The lowest BCUT2D eigenvalue weighted by Gasteiger charge is -2.27. The average Bonchev–Trinajstić information content (AvgIpc) is 3.09. The predicted molar refractivity (Wildman–Crippen MR) is 99.3 cm³/mol. The van der Waals surface area contributed by atoms with E-state index in [1.165, 1.54) is 27.8 Å². The Morgan fingerprint density at radius 1 is 1.21 bits per heavy atom. The summed E-state index contributed by atoms with van der Waals surface area (Å²) in [7, 11) is 3.79. The van der Waals surface area contributed by atoms with E-state index in [1.54, 1.807) is 0 Å². The van der Waals surface area contributed by atoms with Gasteiger partial charge in [0.25, 0.3) is 11.8 Å². The summed E-state index contributed by atoms with van der Waals surface area (Å²) in [6.45, 7) is 2.09. The second kappa shape index (κ2) is 8.24. The van der Waals surface area contributed by atoms with E-state index in [2.05, 4.69) is 10.4 Å². The fourth-order valence-corrected chi connectivity index (χ4v) is 3.00. The predicted octanol–water partition coefficient (Wildman–Crippen LogP) is 1.85. The number of benzene rings is 1. The van der Waals surface area contributed by atoms with Gasteiger partial charge in [0.2, 0.25) is 0 Å². The molecule has 0 unspecified atom stereocenters. The van der Waals surface area contributed by atoms with Gasteiger partial charge in [0, 0.05) is 32.2 Å². The third-order valence-corrected chi connectivity index (χ3v) is 4.60. The second-order valence-electron chi connectivity index (χ2n) is 7.12. The lowest BCUT2D eigenvalue weighted by Crippen LogP contribution is -2.39. The highest BCUT2D eigenvalue weighted by atomic mass is 19.4. The summed E-state index contributed by atoms with van der Waals surface area (Å²) in [5.74, 6) is -0.660. The van der Waals surface area contributed by atoms with Crippen molar-refractivity contribution in [2.24, 2.45) is 0 Å². The van der Waals surface area contributed by atoms with E-state index in [0.29, 0.717) is 37.4 Å². The molecule has 0 aliphatic carbocycles. The third kappa shape index (κ3) is 4.94. The number of aromatic nitrogens is 2. The molecular formula is C19H22F3N5O2. The molecule has 3 rings (SSSR count). The van der Waals surface area contributed by atoms with Crippen LogP contribution in [-0.2, 0) is 19.3 Å². The molecule has 29 heavy (non-hydrogen) atoms. The van der Waals surface area contributed by atoms with Gasteiger partial charge in [-0.1, -0.05) is 12.1 Å². The lowest BCUT2D eigenvalue weighted by atomic mass is 10.1. The first-order valence-electron chi connectivity index (χ1n) is 9.11. The number of carbonyl (C=O) groups is 2. The molecule has 2 aromatic rings. The smallest absolute Gasteiger partial charge is 0.349 e. The van der Waals surface area contributed by atoms with Crippen molar-refractivity contribution < 1.29 is 22.8 Å². The number of hydrogen-bond acceptors (Lipinski definition) is 4. The van der Waals surface area contributed by atoms with E-state index in [-0.39, 0.29) is 24.1 Å². The van der Waals surface area contributed by atoms with Crippen molar-refractivity contribution in [1.29, 1.82) is 0 Å². The van der Waals surface area contributed by atoms with E-state index in [9.17, 15) is 22.8 Å². The molecule has 1 aliphatic rings. The normalized spacial score (nSPS) is 14.3. The Bertz CT molecular complexity index is 890. The van der Waals surface area contributed by atoms with Crippen molar-refractivity contribution in [3.05, 3.63) is 52.8 Å². The topological polar surface area (TPSA) is 70.5 Å². The Kier molecular flexibility index (Phi) is 5.92. The van der Waals surface area contributed by atoms with Gasteiger partial charge in [-0.25, -0.2) is 0 Å². The minimum absolute atomic E-state index is 0.170. The third-order valence-electron chi connectivity index (χ3n) is 4.60. The van der Waals surface area contributed by atoms with Crippen molar-refractivity contribution in [1.82, 2.24) is 24.9 Å². The Morgan fingerprint density at radius 3 is 2.52 bits per heavy atom. The van der Waals surface area contributed by atoms with Crippen LogP contribution in [0.25, 0.3) is 0 Å². The van der Waals surface area contributed by atoms with Gasteiger partial charge >= 0.3 is 6.18 Å². The molecule has 0 atom stereocenters. The quantitative estimate of drug-likeness (QED) is 0.791. The minimum atomic E-state index is -4.39. The fourth-order valence-electron chi connectivity index (χ4n) is 3.00. The van der Waals surface area contributed by atoms with Crippen LogP contribution in [0.3, 0.4) is 0 Å². The summed E-state index contributed by atoms with van der Waals surface area (Å²) < 4.78 is 39.5. The fraction of sp³-hybridized carbons (Fsp3) is 0.421. The Labute approximate surface area is 166 Å². The summed E-state index contributed by atoms with van der Waals surface area (Å²) in [4.78, 5) is 28.4. The molecule has 2 amide bonds. The first-order chi connectivity index (χ1) is 13.6. The summed E-state index contributed by atoms with van der Waals surface area (Å²) in [5, 5.41) is 6.95. The van der Waals surface area contributed by atoms with Crippen LogP contribution < -0.4 is 5.32 Å². The number of hydrogen-bond donors (Lipinski definition) is 1. The zero-order chi connectivity index (χ0) is 21.2. The number of likely N-dealkylation sites (N-methyl/N-ethyl adjacent to an activating group) is 1. The van der Waals surface area contributed by atoms with Gasteiger partial charge in [0.1, 0.15) is 5.69 Å². The Balaban J connectivity index is 1.66. The van der Waals surface area contributed by atoms with E-state index >= 15 is 0 Å². The highest BCUT2D eigenvalue weighted by Crippen LogP contribution is 2.29. The molecular weight excluding hydrogens is 387 g/mol. The number of fused-ring (bicyclic) bond motifs is 1. The Hall–Kier alpha value is -2.88. The van der Waals surface area contributed by atoms with Crippen molar-refractivity contribution >= 4 is 11.8 Å². The highest BCUT2D eigenvalue weighted by Gasteiger charge is 2.31. The van der Waals surface area contributed by atoms with Crippen LogP contribution >= 0.6 is 0 Å². The zero-order valence-electron chi connectivity index (χ0n) is 16.2. The molecule has 0 saturated carbocycles. The van der Waals surface area contributed by atoms with E-state index in [1.807, 2.05) is 19.0 Å². The van der Waals surface area contributed by atoms with Crippen LogP contribution in [0.1, 0.15) is 32.1 Å². The molecule has 0 radical (unpaired) electrons. The van der Waals surface area contributed by atoms with Crippen molar-refractivity contribution in [2.75, 3.05) is 33.7 Å². The SMILES string of the molecule is CN(C)CCNC(=O)c1cc2n(n1)CCN(Cc1ccc(C(F)(F)F)cc1)C2=O. The van der Waals surface area contributed by atoms with Crippen molar-refractivity contribution in [3.8, 4) is 0 Å². The summed E-state index contributed by atoms with van der Waals surface area (Å²) in [6, 6.07) is 6.19. The van der Waals surface area contributed by atoms with E-state index in [4.69, 9.17) is 0 Å². The second-order valence-corrected chi connectivity index (χ2v) is 7.12. The van der Waals surface area contributed by atoms with Crippen LogP contribution in [0.15, 0.2) is 30.3 Å². The van der Waals surface area contributed by atoms with Gasteiger partial charge in [0.15, 0.2) is 5.69 Å². The maximum atomic E-state index is 12.7. The van der Waals surface area contributed by atoms with Gasteiger partial charge < -0.3 is 15.1 Å². The van der Waals surface area contributed by atoms with Gasteiger partial charge in [-0.2, -0.15) is 18.3 Å². The summed E-state index contributed by atoms with van der Waals surface area (Å²) >= 11 is 0. The molecule has 0 spiro atoms. The molecule has 10 heteroatoms. The van der Waals surface area contributed by atoms with Gasteiger partial charge in [0.05, 0.1) is 12.1 Å². The van der Waals surface area contributed by atoms with Gasteiger partial charge in [-0.3, -0.25) is 14.3 Å². The standard InChI is InChI=1S/C19H22F3N5O2/c1-25(2)8-7-23-17(28)15-11-16-18(29)26(9-10-27(16)24-15)12-13-3-5-14(6-4-13)19(20,21)22/h3-6,11H,7-10,12H2,1-2H3,(H,23,28). The molecule has 156 valence electrons. The summed E-state index contributed by atoms with van der Waals surface area (Å²) in [5.41, 5.74) is 0.333. The Morgan fingerprint density at radius 2 is 1.90 bits per heavy atom. The maximum absolute atomic E-state index is 12.7. The van der Waals surface area contributed by atoms with Gasteiger partial charge in [-0.05, 0) is 31.8 Å². The molecule has 1 N–H and O–H groups in total. The van der Waals surface area contributed by atoms with Gasteiger partial charge in [-0.15, -0.1) is 0 Å². The zero-order valence-corrected chi connectivity index (χ0v) is 16.2. The van der Waals surface area contributed by atoms with Crippen LogP contribution in [-0.4, -0.2) is 65.1 Å². The van der Waals surface area contributed by atoms with E-state index in [0.717, 1.165) is 12.1 Å². The van der Waals surface area contributed by atoms with Crippen LogP contribution in [0.5, 0.6) is 0 Å². The van der Waals surface area contributed by atoms with Crippen LogP contribution in [0, 0.1) is 0 Å². The van der Waals surface area contributed by atoms with Crippen molar-refractivity contribution in [2.45, 2.75) is 19.3 Å². The number of halogens is 3. The number of alkyl halides is 3. The molecule has 2 heterocycles. The maximum Gasteiger partial charge on any atom is 0.416 e. The summed E-state index contributed by atoms with van der Waals surface area (Å²) in [6.07, 6.45) is -4.39. The lowest BCUT2D eigenvalue weighted by molar-refractivity contribution is -0.137. The van der Waals surface area contributed by atoms with E-state index < -0.39 is 11.7 Å². The largest absolute Gasteiger partial charge is 0.416 e. The molecule has 0 fully saturated rings. The van der Waals surface area contributed by atoms with Crippen molar-refractivity contribution in [3.63, 3.8) is 0 Å².